The molecule has 9 nitrogen and oxygen atoms in total. The Hall–Kier alpha value is -3.36. The SMILES string of the molecule is CCNc1ccc(N2CCN(C(=O)C3CC(=O)N(c4cccc(OC)c4)C3)CC2)nn1. The van der Waals surface area contributed by atoms with E-state index in [1.54, 1.807) is 12.0 Å². The fraction of sp³-hybridized carbons (Fsp3) is 0.455. The minimum Gasteiger partial charge on any atom is -0.497 e. The first-order valence-electron chi connectivity index (χ1n) is 10.6. The number of hydrogen-bond acceptors (Lipinski definition) is 7. The molecular weight excluding hydrogens is 396 g/mol. The van der Waals surface area contributed by atoms with Gasteiger partial charge in [0.1, 0.15) is 11.6 Å². The van der Waals surface area contributed by atoms with E-state index in [0.29, 0.717) is 38.5 Å². The molecule has 3 heterocycles. The zero-order valence-electron chi connectivity index (χ0n) is 18.0. The highest BCUT2D eigenvalue weighted by Crippen LogP contribution is 2.29. The van der Waals surface area contributed by atoms with Gasteiger partial charge >= 0.3 is 0 Å². The molecule has 0 spiro atoms. The quantitative estimate of drug-likeness (QED) is 0.753. The second kappa shape index (κ2) is 9.20. The molecule has 0 saturated carbocycles. The summed E-state index contributed by atoms with van der Waals surface area (Å²) in [6.07, 6.45) is 0.244. The lowest BCUT2D eigenvalue weighted by Crippen LogP contribution is -2.51. The Labute approximate surface area is 182 Å². The van der Waals surface area contributed by atoms with Crippen LogP contribution >= 0.6 is 0 Å². The minimum absolute atomic E-state index is 0.0266. The van der Waals surface area contributed by atoms with Crippen molar-refractivity contribution in [1.82, 2.24) is 15.1 Å². The highest BCUT2D eigenvalue weighted by atomic mass is 16.5. The van der Waals surface area contributed by atoms with Crippen LogP contribution in [-0.4, -0.2) is 73.3 Å². The van der Waals surface area contributed by atoms with Crippen LogP contribution in [0.2, 0.25) is 0 Å². The topological polar surface area (TPSA) is 90.9 Å². The van der Waals surface area contributed by atoms with Crippen molar-refractivity contribution in [2.75, 3.05) is 61.5 Å². The van der Waals surface area contributed by atoms with Crippen molar-refractivity contribution >= 4 is 29.1 Å². The maximum Gasteiger partial charge on any atom is 0.228 e. The van der Waals surface area contributed by atoms with Gasteiger partial charge in [0.2, 0.25) is 11.8 Å². The largest absolute Gasteiger partial charge is 0.497 e. The van der Waals surface area contributed by atoms with Gasteiger partial charge in [0.15, 0.2) is 5.82 Å². The number of carbonyl (C=O) groups is 2. The van der Waals surface area contributed by atoms with Crippen molar-refractivity contribution in [3.8, 4) is 5.75 Å². The highest BCUT2D eigenvalue weighted by Gasteiger charge is 2.38. The smallest absolute Gasteiger partial charge is 0.228 e. The van der Waals surface area contributed by atoms with E-state index < -0.39 is 0 Å². The molecule has 2 fully saturated rings. The van der Waals surface area contributed by atoms with Crippen LogP contribution in [0.1, 0.15) is 13.3 Å². The van der Waals surface area contributed by atoms with Crippen LogP contribution in [0.15, 0.2) is 36.4 Å². The fourth-order valence-corrected chi connectivity index (χ4v) is 4.08. The van der Waals surface area contributed by atoms with Crippen LogP contribution in [0.4, 0.5) is 17.3 Å². The number of rotatable bonds is 6. The zero-order chi connectivity index (χ0) is 21.8. The van der Waals surface area contributed by atoms with E-state index >= 15 is 0 Å². The van der Waals surface area contributed by atoms with Gasteiger partial charge in [0, 0.05) is 57.4 Å². The van der Waals surface area contributed by atoms with Gasteiger partial charge < -0.3 is 24.8 Å². The molecule has 1 aromatic carbocycles. The molecule has 4 rings (SSSR count). The molecule has 2 aliphatic heterocycles. The Morgan fingerprint density at radius 1 is 1.16 bits per heavy atom. The van der Waals surface area contributed by atoms with Gasteiger partial charge in [-0.1, -0.05) is 6.07 Å². The summed E-state index contributed by atoms with van der Waals surface area (Å²) >= 11 is 0. The molecule has 1 unspecified atom stereocenters. The molecule has 0 bridgehead atoms. The minimum atomic E-state index is -0.315. The third-order valence-corrected chi connectivity index (χ3v) is 5.76. The van der Waals surface area contributed by atoms with E-state index in [2.05, 4.69) is 20.4 Å². The monoisotopic (exact) mass is 424 g/mol. The van der Waals surface area contributed by atoms with Crippen molar-refractivity contribution < 1.29 is 14.3 Å². The number of piperazine rings is 1. The lowest BCUT2D eigenvalue weighted by atomic mass is 10.1. The molecule has 1 N–H and O–H groups in total. The molecule has 31 heavy (non-hydrogen) atoms. The summed E-state index contributed by atoms with van der Waals surface area (Å²) in [5, 5.41) is 11.6. The molecule has 0 radical (unpaired) electrons. The molecule has 0 aliphatic carbocycles. The Balaban J connectivity index is 1.34. The van der Waals surface area contributed by atoms with Crippen LogP contribution in [0, 0.1) is 5.92 Å². The van der Waals surface area contributed by atoms with Gasteiger partial charge in [0.05, 0.1) is 13.0 Å². The van der Waals surface area contributed by atoms with E-state index in [-0.39, 0.29) is 24.2 Å². The maximum atomic E-state index is 13.1. The van der Waals surface area contributed by atoms with Crippen LogP contribution in [0.5, 0.6) is 5.75 Å². The summed E-state index contributed by atoms with van der Waals surface area (Å²) in [4.78, 5) is 31.3. The Bertz CT molecular complexity index is 927. The average molecular weight is 425 g/mol. The molecule has 2 saturated heterocycles. The van der Waals surface area contributed by atoms with E-state index in [0.717, 1.165) is 23.9 Å². The van der Waals surface area contributed by atoms with Crippen molar-refractivity contribution in [2.24, 2.45) is 5.92 Å². The number of carbonyl (C=O) groups excluding carboxylic acids is 2. The van der Waals surface area contributed by atoms with Gasteiger partial charge in [-0.25, -0.2) is 0 Å². The number of anilines is 3. The predicted molar refractivity (Wildman–Crippen MR) is 118 cm³/mol. The molecule has 1 aromatic heterocycles. The average Bonchev–Trinajstić information content (AvgIpc) is 3.21. The molecule has 164 valence electrons. The second-order valence-electron chi connectivity index (χ2n) is 7.73. The fourth-order valence-electron chi connectivity index (χ4n) is 4.08. The van der Waals surface area contributed by atoms with E-state index in [9.17, 15) is 9.59 Å². The van der Waals surface area contributed by atoms with Gasteiger partial charge in [-0.2, -0.15) is 0 Å². The van der Waals surface area contributed by atoms with Gasteiger partial charge in [-0.05, 0) is 31.2 Å². The predicted octanol–water partition coefficient (Wildman–Crippen LogP) is 1.62. The maximum absolute atomic E-state index is 13.1. The van der Waals surface area contributed by atoms with Crippen molar-refractivity contribution in [3.63, 3.8) is 0 Å². The van der Waals surface area contributed by atoms with Crippen LogP contribution in [-0.2, 0) is 9.59 Å². The first kappa shape index (κ1) is 20.9. The molecule has 2 amide bonds. The number of hydrogen-bond donors (Lipinski definition) is 1. The van der Waals surface area contributed by atoms with Crippen molar-refractivity contribution in [2.45, 2.75) is 13.3 Å². The summed E-state index contributed by atoms with van der Waals surface area (Å²) in [6.45, 7) is 5.83. The van der Waals surface area contributed by atoms with Crippen LogP contribution in [0.3, 0.4) is 0 Å². The number of benzene rings is 1. The summed E-state index contributed by atoms with van der Waals surface area (Å²) in [7, 11) is 1.60. The van der Waals surface area contributed by atoms with Crippen molar-refractivity contribution in [1.29, 1.82) is 0 Å². The van der Waals surface area contributed by atoms with Gasteiger partial charge in [0.25, 0.3) is 0 Å². The first-order chi connectivity index (χ1) is 15.1. The molecule has 2 aliphatic rings. The molecular formula is C22H28N6O3. The van der Waals surface area contributed by atoms with E-state index in [1.165, 1.54) is 0 Å². The molecule has 1 atom stereocenters. The summed E-state index contributed by atoms with van der Waals surface area (Å²) < 4.78 is 5.25. The van der Waals surface area contributed by atoms with Gasteiger partial charge in [-0.15, -0.1) is 10.2 Å². The Morgan fingerprint density at radius 3 is 2.65 bits per heavy atom. The molecule has 2 aromatic rings. The lowest BCUT2D eigenvalue weighted by molar-refractivity contribution is -0.136. The number of ether oxygens (including phenoxy) is 1. The number of aromatic nitrogens is 2. The summed E-state index contributed by atoms with van der Waals surface area (Å²) in [6, 6.07) is 11.2. The Kier molecular flexibility index (Phi) is 6.20. The number of nitrogens with one attached hydrogen (secondary N) is 1. The lowest BCUT2D eigenvalue weighted by Gasteiger charge is -2.36. The number of nitrogens with zero attached hydrogens (tertiary/aromatic N) is 5. The normalized spacial score (nSPS) is 19.0. The third-order valence-electron chi connectivity index (χ3n) is 5.76. The van der Waals surface area contributed by atoms with Gasteiger partial charge in [-0.3, -0.25) is 9.59 Å². The van der Waals surface area contributed by atoms with E-state index in [1.807, 2.05) is 48.2 Å². The standard InChI is InChI=1S/C22H28N6O3/c1-3-23-19-7-8-20(25-24-19)26-9-11-27(12-10-26)22(30)16-13-21(29)28(15-16)17-5-4-6-18(14-17)31-2/h4-8,14,16H,3,9-13,15H2,1-2H3,(H,23,24). The van der Waals surface area contributed by atoms with Crippen LogP contribution < -0.4 is 19.9 Å². The second-order valence-corrected chi connectivity index (χ2v) is 7.73. The zero-order valence-corrected chi connectivity index (χ0v) is 18.0. The van der Waals surface area contributed by atoms with Crippen LogP contribution in [0.25, 0.3) is 0 Å². The first-order valence-corrected chi connectivity index (χ1v) is 10.6. The van der Waals surface area contributed by atoms with E-state index in [4.69, 9.17) is 4.74 Å². The summed E-state index contributed by atoms with van der Waals surface area (Å²) in [5.41, 5.74) is 0.768. The number of methoxy groups -OCH3 is 1. The molecule has 9 heteroatoms. The number of amides is 2. The Morgan fingerprint density at radius 2 is 1.97 bits per heavy atom. The summed E-state index contributed by atoms with van der Waals surface area (Å²) in [5.74, 6) is 1.97. The van der Waals surface area contributed by atoms with Crippen molar-refractivity contribution in [3.05, 3.63) is 36.4 Å². The highest BCUT2D eigenvalue weighted by molar-refractivity contribution is 6.00. The third kappa shape index (κ3) is 4.55.